The van der Waals surface area contributed by atoms with E-state index in [0.29, 0.717) is 0 Å². The van der Waals surface area contributed by atoms with Crippen LogP contribution in [0.4, 0.5) is 0 Å². The topological polar surface area (TPSA) is 16.1 Å². The van der Waals surface area contributed by atoms with Gasteiger partial charge in [0, 0.05) is 24.2 Å². The van der Waals surface area contributed by atoms with Crippen molar-refractivity contribution in [3.8, 4) is 0 Å². The van der Waals surface area contributed by atoms with Crippen molar-refractivity contribution in [1.29, 1.82) is 0 Å². The van der Waals surface area contributed by atoms with Crippen molar-refractivity contribution in [3.63, 3.8) is 0 Å². The molecule has 0 saturated heterocycles. The van der Waals surface area contributed by atoms with Gasteiger partial charge in [-0.1, -0.05) is 6.08 Å². The fourth-order valence-electron chi connectivity index (χ4n) is 1.55. The molecule has 2 rings (SSSR count). The first-order valence-corrected chi connectivity index (χ1v) is 5.44. The van der Waals surface area contributed by atoms with Crippen LogP contribution in [0.3, 0.4) is 0 Å². The average molecular weight is 194 g/mol. The van der Waals surface area contributed by atoms with Gasteiger partial charge in [-0.05, 0) is 26.0 Å². The second kappa shape index (κ2) is 3.60. The van der Waals surface area contributed by atoms with Crippen molar-refractivity contribution in [2.45, 2.75) is 13.3 Å². The minimum atomic E-state index is 1.05. The lowest BCUT2D eigenvalue weighted by Crippen LogP contribution is -2.24. The van der Waals surface area contributed by atoms with Gasteiger partial charge in [-0.2, -0.15) is 0 Å². The molecule has 70 valence electrons. The van der Waals surface area contributed by atoms with Gasteiger partial charge >= 0.3 is 0 Å². The van der Waals surface area contributed by atoms with E-state index in [1.165, 1.54) is 17.1 Å². The van der Waals surface area contributed by atoms with E-state index in [4.69, 9.17) is 0 Å². The Hall–Kier alpha value is -0.670. The van der Waals surface area contributed by atoms with Crippen molar-refractivity contribution in [3.05, 3.63) is 22.2 Å². The molecule has 0 fully saturated rings. The molecule has 1 aromatic rings. The minimum absolute atomic E-state index is 1.05. The number of nitrogens with zero attached hydrogens (tertiary/aromatic N) is 2. The highest BCUT2D eigenvalue weighted by Crippen LogP contribution is 2.22. The van der Waals surface area contributed by atoms with Crippen molar-refractivity contribution >= 4 is 16.9 Å². The van der Waals surface area contributed by atoms with Gasteiger partial charge in [0.2, 0.25) is 0 Å². The van der Waals surface area contributed by atoms with Gasteiger partial charge in [-0.25, -0.2) is 4.98 Å². The van der Waals surface area contributed by atoms with E-state index in [-0.39, 0.29) is 0 Å². The lowest BCUT2D eigenvalue weighted by molar-refractivity contribution is 0.373. The van der Waals surface area contributed by atoms with E-state index >= 15 is 0 Å². The highest BCUT2D eigenvalue weighted by molar-refractivity contribution is 7.10. The third-order valence-electron chi connectivity index (χ3n) is 2.24. The summed E-state index contributed by atoms with van der Waals surface area (Å²) in [5.41, 5.74) is 2.53. The second-order valence-corrected chi connectivity index (χ2v) is 4.41. The summed E-state index contributed by atoms with van der Waals surface area (Å²) in [6.45, 7) is 4.27. The van der Waals surface area contributed by atoms with Crippen LogP contribution in [-0.4, -0.2) is 30.0 Å². The molecule has 3 heteroatoms. The van der Waals surface area contributed by atoms with Gasteiger partial charge in [0.05, 0.1) is 0 Å². The van der Waals surface area contributed by atoms with Crippen LogP contribution < -0.4 is 0 Å². The molecule has 13 heavy (non-hydrogen) atoms. The van der Waals surface area contributed by atoms with Crippen molar-refractivity contribution < 1.29 is 0 Å². The zero-order chi connectivity index (χ0) is 9.26. The molecule has 0 radical (unpaired) electrons. The molecule has 0 aliphatic carbocycles. The molecule has 2 heterocycles. The molecular weight excluding hydrogens is 180 g/mol. The smallest absolute Gasteiger partial charge is 0.120 e. The van der Waals surface area contributed by atoms with Gasteiger partial charge in [0.1, 0.15) is 5.01 Å². The molecule has 0 aromatic carbocycles. The standard InChI is InChI=1S/C10H14N2S/c1-8-7-13-10(11-8)9-4-3-5-12(2)6-9/h4,7H,3,5-6H2,1-2H3. The molecule has 0 unspecified atom stereocenters. The van der Waals surface area contributed by atoms with Crippen LogP contribution in [0.1, 0.15) is 17.1 Å². The maximum Gasteiger partial charge on any atom is 0.120 e. The summed E-state index contributed by atoms with van der Waals surface area (Å²) in [5.74, 6) is 0. The zero-order valence-electron chi connectivity index (χ0n) is 8.08. The van der Waals surface area contributed by atoms with Crippen LogP contribution in [-0.2, 0) is 0 Å². The van der Waals surface area contributed by atoms with Crippen LogP contribution in [0, 0.1) is 6.92 Å². The maximum atomic E-state index is 4.49. The summed E-state index contributed by atoms with van der Waals surface area (Å²) in [4.78, 5) is 6.83. The second-order valence-electron chi connectivity index (χ2n) is 3.55. The Kier molecular flexibility index (Phi) is 2.47. The third-order valence-corrected chi connectivity index (χ3v) is 3.27. The number of thiazole rings is 1. The predicted octanol–water partition coefficient (Wildman–Crippen LogP) is 2.17. The zero-order valence-corrected chi connectivity index (χ0v) is 8.90. The quantitative estimate of drug-likeness (QED) is 0.681. The van der Waals surface area contributed by atoms with Gasteiger partial charge < -0.3 is 4.90 Å². The fraction of sp³-hybridized carbons (Fsp3) is 0.500. The fourth-order valence-corrected chi connectivity index (χ4v) is 2.38. The van der Waals surface area contributed by atoms with Crippen LogP contribution in [0.15, 0.2) is 11.5 Å². The van der Waals surface area contributed by atoms with E-state index in [0.717, 1.165) is 18.7 Å². The van der Waals surface area contributed by atoms with E-state index < -0.39 is 0 Å². The largest absolute Gasteiger partial charge is 0.302 e. The summed E-state index contributed by atoms with van der Waals surface area (Å²) in [5, 5.41) is 3.31. The van der Waals surface area contributed by atoms with Crippen molar-refractivity contribution in [2.24, 2.45) is 0 Å². The van der Waals surface area contributed by atoms with Crippen LogP contribution >= 0.6 is 11.3 Å². The number of aromatic nitrogens is 1. The first kappa shape index (κ1) is 8.91. The monoisotopic (exact) mass is 194 g/mol. The Morgan fingerprint density at radius 3 is 3.00 bits per heavy atom. The molecule has 0 spiro atoms. The molecule has 0 atom stereocenters. The summed E-state index contributed by atoms with van der Waals surface area (Å²) in [6, 6.07) is 0. The van der Waals surface area contributed by atoms with E-state index in [1.807, 2.05) is 6.92 Å². The molecule has 0 saturated carbocycles. The number of rotatable bonds is 1. The first-order chi connectivity index (χ1) is 6.25. The van der Waals surface area contributed by atoms with Gasteiger partial charge in [0.25, 0.3) is 0 Å². The normalized spacial score (nSPS) is 18.8. The highest BCUT2D eigenvalue weighted by Gasteiger charge is 2.12. The van der Waals surface area contributed by atoms with Crippen LogP contribution in [0.25, 0.3) is 5.57 Å². The lowest BCUT2D eigenvalue weighted by atomic mass is 10.1. The summed E-state index contributed by atoms with van der Waals surface area (Å²) >= 11 is 1.75. The number of hydrogen-bond acceptors (Lipinski definition) is 3. The van der Waals surface area contributed by atoms with Crippen molar-refractivity contribution in [2.75, 3.05) is 20.1 Å². The summed E-state index contributed by atoms with van der Waals surface area (Å²) in [7, 11) is 2.16. The summed E-state index contributed by atoms with van der Waals surface area (Å²) < 4.78 is 0. The Balaban J connectivity index is 2.21. The molecule has 0 amide bonds. The average Bonchev–Trinajstić information content (AvgIpc) is 2.52. The van der Waals surface area contributed by atoms with Gasteiger partial charge in [-0.3, -0.25) is 0 Å². The lowest BCUT2D eigenvalue weighted by Gasteiger charge is -2.21. The third kappa shape index (κ3) is 1.98. The van der Waals surface area contributed by atoms with Crippen LogP contribution in [0.5, 0.6) is 0 Å². The summed E-state index contributed by atoms with van der Waals surface area (Å²) in [6.07, 6.45) is 3.47. The highest BCUT2D eigenvalue weighted by atomic mass is 32.1. The predicted molar refractivity (Wildman–Crippen MR) is 56.9 cm³/mol. The Morgan fingerprint density at radius 2 is 2.38 bits per heavy atom. The Labute approximate surface area is 82.9 Å². The maximum absolute atomic E-state index is 4.49. The van der Waals surface area contributed by atoms with Crippen LogP contribution in [0.2, 0.25) is 0 Å². The number of likely N-dealkylation sites (N-methyl/N-ethyl adjacent to an activating group) is 1. The minimum Gasteiger partial charge on any atom is -0.302 e. The van der Waals surface area contributed by atoms with Gasteiger partial charge in [0.15, 0.2) is 0 Å². The molecule has 1 aliphatic heterocycles. The SMILES string of the molecule is Cc1csc(C2=CCCN(C)C2)n1. The van der Waals surface area contributed by atoms with Gasteiger partial charge in [-0.15, -0.1) is 11.3 Å². The molecule has 1 aliphatic rings. The van der Waals surface area contributed by atoms with E-state index in [9.17, 15) is 0 Å². The van der Waals surface area contributed by atoms with E-state index in [1.54, 1.807) is 11.3 Å². The first-order valence-electron chi connectivity index (χ1n) is 4.56. The molecular formula is C10H14N2S. The molecule has 1 aromatic heterocycles. The molecule has 0 N–H and O–H groups in total. The molecule has 0 bridgehead atoms. The number of hydrogen-bond donors (Lipinski definition) is 0. The molecule has 2 nitrogen and oxygen atoms in total. The number of aryl methyl sites for hydroxylation is 1. The van der Waals surface area contributed by atoms with Crippen molar-refractivity contribution in [1.82, 2.24) is 9.88 Å². The Morgan fingerprint density at radius 1 is 1.54 bits per heavy atom. The van der Waals surface area contributed by atoms with E-state index in [2.05, 4.69) is 28.4 Å². The Bertz CT molecular complexity index is 327.